The first-order valence-corrected chi connectivity index (χ1v) is 38.6. The van der Waals surface area contributed by atoms with E-state index >= 15 is 0 Å². The fourth-order valence-electron chi connectivity index (χ4n) is 10.1. The summed E-state index contributed by atoms with van der Waals surface area (Å²) in [6.45, 7) is 25.9. The molecule has 1 aliphatic rings. The molecule has 0 heterocycles. The van der Waals surface area contributed by atoms with Gasteiger partial charge in [0, 0.05) is 32.4 Å². The molecule has 0 spiro atoms. The van der Waals surface area contributed by atoms with Crippen LogP contribution in [-0.4, -0.2) is 366 Å². The first-order valence-electron chi connectivity index (χ1n) is 38.6. The van der Waals surface area contributed by atoms with Crippen LogP contribution in [0.4, 0.5) is 4.79 Å². The molecule has 0 aromatic heterocycles. The summed E-state index contributed by atoms with van der Waals surface area (Å²) in [6.07, 6.45) is 0.483. The molecule has 32 heteroatoms. The van der Waals surface area contributed by atoms with Gasteiger partial charge in [0.25, 0.3) is 0 Å². The van der Waals surface area contributed by atoms with Gasteiger partial charge in [-0.3, -0.25) is 14.4 Å². The van der Waals surface area contributed by atoms with E-state index in [1.54, 1.807) is 21.0 Å². The van der Waals surface area contributed by atoms with E-state index in [0.717, 1.165) is 22.3 Å². The van der Waals surface area contributed by atoms with Crippen molar-refractivity contribution in [1.82, 2.24) is 10.6 Å². The van der Waals surface area contributed by atoms with Crippen molar-refractivity contribution in [2.45, 2.75) is 57.9 Å². The summed E-state index contributed by atoms with van der Waals surface area (Å²) in [5.41, 5.74) is 4.35. The van der Waals surface area contributed by atoms with E-state index in [1.165, 1.54) is 0 Å². The Kier molecular flexibility index (Phi) is 67.6. The Hall–Kier alpha value is -4.64. The molecule has 0 saturated carbocycles. The molecule has 3 rings (SSSR count). The van der Waals surface area contributed by atoms with Crippen molar-refractivity contribution in [3.8, 4) is 11.1 Å². The van der Waals surface area contributed by atoms with Gasteiger partial charge in [0.05, 0.1) is 322 Å². The lowest BCUT2D eigenvalue weighted by atomic mass is 9.90. The number of carboxylic acid groups (broad SMARTS) is 1. The van der Waals surface area contributed by atoms with Crippen LogP contribution >= 0.6 is 0 Å². The van der Waals surface area contributed by atoms with Crippen LogP contribution in [0, 0.1) is 11.8 Å². The van der Waals surface area contributed by atoms with Crippen molar-refractivity contribution < 1.29 is 143 Å². The third-order valence-corrected chi connectivity index (χ3v) is 15.8. The molecule has 109 heavy (non-hydrogen) atoms. The number of ether oxygens (including phenoxy) is 25. The minimum atomic E-state index is -1.08. The average molecular weight is 1570 g/mol. The van der Waals surface area contributed by atoms with Crippen molar-refractivity contribution in [2.24, 2.45) is 11.8 Å². The van der Waals surface area contributed by atoms with Gasteiger partial charge < -0.3 is 134 Å². The fraction of sp³-hybridized carbons (Fsp3) is 0.792. The van der Waals surface area contributed by atoms with Gasteiger partial charge in [-0.05, 0) is 41.0 Å². The number of Topliss-reactive ketones (excluding diaryl/α,β-unsaturated/α-hetero) is 1. The normalized spacial score (nSPS) is 12.6. The highest BCUT2D eigenvalue weighted by Crippen LogP contribution is 2.44. The number of ketones is 1. The maximum Gasteiger partial charge on any atom is 0.407 e. The largest absolute Gasteiger partial charge is 0.481 e. The summed E-state index contributed by atoms with van der Waals surface area (Å²) < 4.78 is 137. The molecule has 0 bridgehead atoms. The van der Waals surface area contributed by atoms with Gasteiger partial charge in [0.15, 0.2) is 5.78 Å². The molecule has 2 aromatic carbocycles. The van der Waals surface area contributed by atoms with Gasteiger partial charge in [0.2, 0.25) is 5.91 Å². The number of carbonyl (C=O) groups is 4. The predicted molar refractivity (Wildman–Crippen MR) is 400 cm³/mol. The van der Waals surface area contributed by atoms with Gasteiger partial charge in [-0.2, -0.15) is 0 Å². The third kappa shape index (κ3) is 58.0. The Morgan fingerprint density at radius 1 is 0.358 bits per heavy atom. The van der Waals surface area contributed by atoms with Crippen LogP contribution in [0.5, 0.6) is 0 Å². The average Bonchev–Trinajstić information content (AvgIpc) is 1.62. The van der Waals surface area contributed by atoms with Crippen LogP contribution in [0.25, 0.3) is 11.1 Å². The van der Waals surface area contributed by atoms with E-state index in [1.807, 2.05) is 36.4 Å². The lowest BCUT2D eigenvalue weighted by Crippen LogP contribution is -2.45. The highest BCUT2D eigenvalue weighted by Gasteiger charge is 2.32. The number of hydrogen-bond donors (Lipinski definition) is 3. The summed E-state index contributed by atoms with van der Waals surface area (Å²) in [7, 11) is 1.64. The van der Waals surface area contributed by atoms with E-state index in [0.29, 0.717) is 323 Å². The molecule has 1 aliphatic carbocycles. The van der Waals surface area contributed by atoms with Crippen LogP contribution in [-0.2, 0) is 133 Å². The molecule has 0 aliphatic heterocycles. The fourth-order valence-corrected chi connectivity index (χ4v) is 10.1. The van der Waals surface area contributed by atoms with Crippen molar-refractivity contribution in [3.63, 3.8) is 0 Å². The van der Waals surface area contributed by atoms with Gasteiger partial charge in [-0.15, -0.1) is 0 Å². The Morgan fingerprint density at radius 3 is 0.872 bits per heavy atom. The summed E-state index contributed by atoms with van der Waals surface area (Å²) in [5, 5.41) is 15.4. The second-order valence-corrected chi connectivity index (χ2v) is 24.6. The predicted octanol–water partition coefficient (Wildman–Crippen LogP) is 4.91. The van der Waals surface area contributed by atoms with E-state index in [2.05, 4.69) is 22.8 Å². The lowest BCUT2D eigenvalue weighted by Gasteiger charge is -2.23. The number of amides is 2. The van der Waals surface area contributed by atoms with Gasteiger partial charge in [0.1, 0.15) is 6.61 Å². The number of nitrogens with one attached hydrogen (secondary N) is 2. The number of fused-ring (bicyclic) bond motifs is 3. The number of aliphatic carboxylic acids is 1. The minimum absolute atomic E-state index is 0.0968. The molecule has 0 radical (unpaired) electrons. The maximum absolute atomic E-state index is 13.4. The molecule has 0 unspecified atom stereocenters. The number of hydrogen-bond acceptors (Lipinski definition) is 29. The Labute approximate surface area is 646 Å². The van der Waals surface area contributed by atoms with Crippen LogP contribution < -0.4 is 10.6 Å². The summed E-state index contributed by atoms with van der Waals surface area (Å²) >= 11 is 0. The molecule has 3 N–H and O–H groups in total. The maximum atomic E-state index is 13.4. The zero-order valence-corrected chi connectivity index (χ0v) is 65.4. The summed E-state index contributed by atoms with van der Waals surface area (Å²) in [5.74, 6) is -2.99. The van der Waals surface area contributed by atoms with Gasteiger partial charge in [-0.25, -0.2) is 4.79 Å². The zero-order chi connectivity index (χ0) is 77.9. The molecule has 32 nitrogen and oxygen atoms in total. The number of carbonyl (C=O) groups excluding carboxylic acids is 3. The number of rotatable bonds is 85. The van der Waals surface area contributed by atoms with E-state index in [4.69, 9.17) is 118 Å². The number of carboxylic acids is 1. The smallest absolute Gasteiger partial charge is 0.407 e. The molecular formula is C77H132N2O30. The molecular weight excluding hydrogens is 1430 g/mol. The topological polar surface area (TPSA) is 343 Å². The number of alkyl carbamates (subject to hydrolysis) is 1. The second kappa shape index (κ2) is 74.8. The number of benzene rings is 2. The highest BCUT2D eigenvalue weighted by atomic mass is 16.6. The first-order chi connectivity index (χ1) is 53.7. The van der Waals surface area contributed by atoms with E-state index < -0.39 is 24.0 Å². The summed E-state index contributed by atoms with van der Waals surface area (Å²) in [6, 6.07) is 15.1. The van der Waals surface area contributed by atoms with E-state index in [-0.39, 0.29) is 56.0 Å². The third-order valence-electron chi connectivity index (χ3n) is 15.8. The first kappa shape index (κ1) is 98.6. The van der Waals surface area contributed by atoms with Crippen molar-refractivity contribution in [2.75, 3.05) is 331 Å². The van der Waals surface area contributed by atoms with Crippen LogP contribution in [0.3, 0.4) is 0 Å². The van der Waals surface area contributed by atoms with Crippen LogP contribution in [0.1, 0.15) is 63.0 Å². The quantitative estimate of drug-likeness (QED) is 0.0740. The molecule has 0 fully saturated rings. The Morgan fingerprint density at radius 2 is 0.615 bits per heavy atom. The Bertz CT molecular complexity index is 2360. The number of methoxy groups -OCH3 is 1. The van der Waals surface area contributed by atoms with Crippen molar-refractivity contribution in [3.05, 3.63) is 59.7 Å². The zero-order valence-electron chi connectivity index (χ0n) is 65.4. The van der Waals surface area contributed by atoms with Crippen LogP contribution in [0.2, 0.25) is 0 Å². The molecule has 0 saturated heterocycles. The highest BCUT2D eigenvalue weighted by molar-refractivity contribution is 5.90. The molecule has 2 atom stereocenters. The van der Waals surface area contributed by atoms with Crippen LogP contribution in [0.15, 0.2) is 48.5 Å². The standard InChI is InChI=1S/C77H132N2O30/c1-66(2)75(79-77(84)109-65-72-70-13-6-4-11-68(70)69-12-5-7-14-71(69)72)73(80)64-67(76(82)83)10-8-9-16-78-74(81)15-17-86-20-21-88-24-25-90-28-29-92-32-33-94-36-37-96-40-41-98-44-45-100-48-49-102-52-53-104-56-57-106-60-61-108-63-62-107-59-58-105-55-54-103-51-50-101-47-46-99-43-42-97-39-38-95-35-34-93-31-30-91-27-26-89-23-22-87-19-18-85-3/h4-7,11-14,66-67,72,75H,8-10,15-65H2,1-3H3,(H,78,81)(H,79,84)(H,82,83)/t67-,75+/m1/s1. The second-order valence-electron chi connectivity index (χ2n) is 24.6. The van der Waals surface area contributed by atoms with Gasteiger partial charge in [-0.1, -0.05) is 68.8 Å². The monoisotopic (exact) mass is 1560 g/mol. The Balaban J connectivity index is 0.901. The van der Waals surface area contributed by atoms with Crippen molar-refractivity contribution >= 4 is 23.8 Å². The minimum Gasteiger partial charge on any atom is -0.481 e. The molecule has 2 amide bonds. The molecule has 630 valence electrons. The van der Waals surface area contributed by atoms with E-state index in [9.17, 15) is 24.3 Å². The van der Waals surface area contributed by atoms with Crippen molar-refractivity contribution in [1.29, 1.82) is 0 Å². The summed E-state index contributed by atoms with van der Waals surface area (Å²) in [4.78, 5) is 50.9. The lowest BCUT2D eigenvalue weighted by molar-refractivity contribution is -0.144. The number of unbranched alkanes of at least 4 members (excludes halogenated alkanes) is 1. The SMILES string of the molecule is COCCOCCOCCOCCOCCOCCOCCOCCOCCOCCOCCOCCOCCOCCOCCOCCOCCOCCOCCOCCOCCOCCOCCOCCC(=O)NCCCC[C@H](CC(=O)[C@@H](NC(=O)OCC1c2ccccc2-c2ccccc21)C(C)C)C(=O)O. The molecule has 2 aromatic rings. The van der Waals surface area contributed by atoms with Gasteiger partial charge >= 0.3 is 12.1 Å².